The Balaban J connectivity index is 1.55. The van der Waals surface area contributed by atoms with Gasteiger partial charge in [-0.1, -0.05) is 83.0 Å². The molecule has 3 rings (SSSR count). The van der Waals surface area contributed by atoms with Gasteiger partial charge in [-0.25, -0.2) is 0 Å². The van der Waals surface area contributed by atoms with Gasteiger partial charge >= 0.3 is 6.18 Å². The van der Waals surface area contributed by atoms with Crippen molar-refractivity contribution >= 4 is 17.7 Å². The fraction of sp³-hybridized carbons (Fsp3) is 0.583. The molecule has 7 nitrogen and oxygen atoms in total. The highest BCUT2D eigenvalue weighted by Crippen LogP contribution is 2.51. The first kappa shape index (κ1) is 37.1. The fourth-order valence-corrected chi connectivity index (χ4v) is 6.03. The molecule has 1 unspecified atom stereocenters. The summed E-state index contributed by atoms with van der Waals surface area (Å²) in [7, 11) is 3.62. The fourth-order valence-electron chi connectivity index (χ4n) is 6.03. The largest absolute Gasteiger partial charge is 0.416 e. The van der Waals surface area contributed by atoms with Crippen LogP contribution in [-0.2, 0) is 33.4 Å². The van der Waals surface area contributed by atoms with E-state index in [1.165, 1.54) is 36.5 Å². The zero-order valence-corrected chi connectivity index (χ0v) is 28.0. The van der Waals surface area contributed by atoms with Crippen LogP contribution in [-0.4, -0.2) is 61.9 Å². The number of carbonyl (C=O) groups excluding carboxylic acids is 3. The van der Waals surface area contributed by atoms with Crippen LogP contribution >= 0.6 is 0 Å². The summed E-state index contributed by atoms with van der Waals surface area (Å²) in [5, 5.41) is 8.56. The minimum Gasteiger partial charge on any atom is -0.354 e. The van der Waals surface area contributed by atoms with Gasteiger partial charge in [-0.3, -0.25) is 14.4 Å². The highest BCUT2D eigenvalue weighted by Gasteiger charge is 2.38. The van der Waals surface area contributed by atoms with Crippen LogP contribution in [0.3, 0.4) is 0 Å². The van der Waals surface area contributed by atoms with Crippen molar-refractivity contribution in [3.8, 4) is 0 Å². The van der Waals surface area contributed by atoms with Crippen LogP contribution in [0.15, 0.2) is 48.5 Å². The standard InChI is InChI=1S/C36H51F3N4O3/c1-7-12-27-21-30(27)29-17-9-8-14-26(29)15-11-18-40-34(45)31(22-43(5)6)41-35(46)32(23(2)3)42-33(44)24(4)19-25-13-10-16-28(20-25)36(37,38)39/h8-10,13-14,16-17,20,23-24,27,30-32H,7,11-12,15,18-19,21-22H2,1-6H3,(H,40,45)(H,41,46)(H,42,44)/t24-,27+,30?,31+,32-/m1/s1. The SMILES string of the molecule is CCC[C@H]1CC1c1ccccc1CCCNC(=O)[C@H](CN(C)C)NC(=O)[C@H](NC(=O)[C@H](C)Cc1cccc(C(F)(F)F)c1)C(C)C. The molecule has 2 aromatic rings. The molecule has 0 aliphatic heterocycles. The number of aryl methyl sites for hydroxylation is 1. The Morgan fingerprint density at radius 3 is 2.33 bits per heavy atom. The molecule has 0 aromatic heterocycles. The van der Waals surface area contributed by atoms with Crippen molar-refractivity contribution in [2.75, 3.05) is 27.2 Å². The van der Waals surface area contributed by atoms with Gasteiger partial charge in [0, 0.05) is 19.0 Å². The number of alkyl halides is 3. The van der Waals surface area contributed by atoms with E-state index in [1.807, 2.05) is 19.0 Å². The summed E-state index contributed by atoms with van der Waals surface area (Å²) in [5.41, 5.74) is 2.36. The first-order valence-electron chi connectivity index (χ1n) is 16.5. The summed E-state index contributed by atoms with van der Waals surface area (Å²) in [6, 6.07) is 11.7. The van der Waals surface area contributed by atoms with Gasteiger partial charge in [0.05, 0.1) is 5.56 Å². The first-order valence-corrected chi connectivity index (χ1v) is 16.5. The molecule has 254 valence electrons. The summed E-state index contributed by atoms with van der Waals surface area (Å²) in [5.74, 6) is -0.795. The lowest BCUT2D eigenvalue weighted by Gasteiger charge is -2.27. The molecule has 1 saturated carbocycles. The Hall–Kier alpha value is -3.40. The number of hydrogen-bond acceptors (Lipinski definition) is 4. The van der Waals surface area contributed by atoms with Crippen LogP contribution < -0.4 is 16.0 Å². The topological polar surface area (TPSA) is 90.5 Å². The minimum absolute atomic E-state index is 0.0816. The Morgan fingerprint density at radius 2 is 1.67 bits per heavy atom. The lowest BCUT2D eigenvalue weighted by atomic mass is 9.97. The number of benzene rings is 2. The predicted molar refractivity (Wildman–Crippen MR) is 175 cm³/mol. The lowest BCUT2D eigenvalue weighted by molar-refractivity contribution is -0.137. The van der Waals surface area contributed by atoms with Gasteiger partial charge in [-0.05, 0) is 80.3 Å². The molecule has 1 fully saturated rings. The van der Waals surface area contributed by atoms with Crippen LogP contribution in [0.5, 0.6) is 0 Å². The number of likely N-dealkylation sites (N-methyl/N-ethyl adjacent to an activating group) is 1. The number of carbonyl (C=O) groups is 3. The average Bonchev–Trinajstić information content (AvgIpc) is 3.76. The molecule has 0 spiro atoms. The molecule has 3 amide bonds. The normalized spacial score (nSPS) is 18.2. The molecule has 5 atom stereocenters. The van der Waals surface area contributed by atoms with Crippen LogP contribution in [0.2, 0.25) is 0 Å². The van der Waals surface area contributed by atoms with E-state index in [2.05, 4.69) is 47.1 Å². The Morgan fingerprint density at radius 1 is 0.957 bits per heavy atom. The summed E-state index contributed by atoms with van der Waals surface area (Å²) in [6.07, 6.45) is 0.943. The van der Waals surface area contributed by atoms with Gasteiger partial charge < -0.3 is 20.9 Å². The Kier molecular flexibility index (Phi) is 13.7. The quantitative estimate of drug-likeness (QED) is 0.192. The van der Waals surface area contributed by atoms with Crippen LogP contribution in [0.4, 0.5) is 13.2 Å². The molecular formula is C36H51F3N4O3. The molecule has 46 heavy (non-hydrogen) atoms. The van der Waals surface area contributed by atoms with Gasteiger partial charge in [0.25, 0.3) is 0 Å². The lowest BCUT2D eigenvalue weighted by Crippen LogP contribution is -2.58. The average molecular weight is 645 g/mol. The minimum atomic E-state index is -4.47. The van der Waals surface area contributed by atoms with E-state index in [-0.39, 0.29) is 24.8 Å². The maximum Gasteiger partial charge on any atom is 0.416 e. The van der Waals surface area contributed by atoms with E-state index in [9.17, 15) is 27.6 Å². The zero-order valence-electron chi connectivity index (χ0n) is 28.0. The van der Waals surface area contributed by atoms with E-state index in [0.29, 0.717) is 18.0 Å². The van der Waals surface area contributed by atoms with Crippen molar-refractivity contribution in [1.82, 2.24) is 20.9 Å². The maximum absolute atomic E-state index is 13.4. The predicted octanol–water partition coefficient (Wildman–Crippen LogP) is 5.72. The van der Waals surface area contributed by atoms with E-state index < -0.39 is 41.6 Å². The molecule has 10 heteroatoms. The van der Waals surface area contributed by atoms with Crippen LogP contribution in [0, 0.1) is 17.8 Å². The second kappa shape index (κ2) is 17.0. The molecular weight excluding hydrogens is 593 g/mol. The number of nitrogens with zero attached hydrogens (tertiary/aromatic N) is 1. The van der Waals surface area contributed by atoms with Crippen molar-refractivity contribution in [2.45, 2.75) is 90.4 Å². The molecule has 0 radical (unpaired) electrons. The van der Waals surface area contributed by atoms with Gasteiger partial charge in [-0.2, -0.15) is 13.2 Å². The monoisotopic (exact) mass is 644 g/mol. The molecule has 2 aromatic carbocycles. The van der Waals surface area contributed by atoms with E-state index >= 15 is 0 Å². The number of nitrogens with one attached hydrogen (secondary N) is 3. The number of rotatable bonds is 17. The van der Waals surface area contributed by atoms with Gasteiger partial charge in [0.1, 0.15) is 12.1 Å². The smallest absolute Gasteiger partial charge is 0.354 e. The number of hydrogen-bond donors (Lipinski definition) is 3. The number of halogens is 3. The van der Waals surface area contributed by atoms with Crippen LogP contribution in [0.1, 0.15) is 81.5 Å². The van der Waals surface area contributed by atoms with Gasteiger partial charge in [0.15, 0.2) is 0 Å². The third-order valence-corrected chi connectivity index (χ3v) is 8.63. The van der Waals surface area contributed by atoms with E-state index in [1.54, 1.807) is 26.8 Å². The molecule has 0 saturated heterocycles. The molecule has 3 N–H and O–H groups in total. The zero-order chi connectivity index (χ0) is 34.0. The summed E-state index contributed by atoms with van der Waals surface area (Å²) in [6.45, 7) is 8.14. The molecule has 0 heterocycles. The van der Waals surface area contributed by atoms with Crippen molar-refractivity contribution in [1.29, 1.82) is 0 Å². The molecule has 0 bridgehead atoms. The maximum atomic E-state index is 13.4. The highest BCUT2D eigenvalue weighted by molar-refractivity contribution is 5.92. The van der Waals surface area contributed by atoms with Crippen molar-refractivity contribution in [2.24, 2.45) is 17.8 Å². The van der Waals surface area contributed by atoms with Gasteiger partial charge in [-0.15, -0.1) is 0 Å². The second-order valence-electron chi connectivity index (χ2n) is 13.3. The molecule has 1 aliphatic carbocycles. The number of amides is 3. The summed E-state index contributed by atoms with van der Waals surface area (Å²) >= 11 is 0. The highest BCUT2D eigenvalue weighted by atomic mass is 19.4. The third-order valence-electron chi connectivity index (χ3n) is 8.63. The van der Waals surface area contributed by atoms with E-state index in [0.717, 1.165) is 30.9 Å². The second-order valence-corrected chi connectivity index (χ2v) is 13.3. The third kappa shape index (κ3) is 11.1. The summed E-state index contributed by atoms with van der Waals surface area (Å²) < 4.78 is 39.4. The van der Waals surface area contributed by atoms with Crippen molar-refractivity contribution in [3.63, 3.8) is 0 Å². The first-order chi connectivity index (χ1) is 21.7. The Bertz CT molecular complexity index is 1310. The van der Waals surface area contributed by atoms with Gasteiger partial charge in [0.2, 0.25) is 17.7 Å². The van der Waals surface area contributed by atoms with Crippen LogP contribution in [0.25, 0.3) is 0 Å². The van der Waals surface area contributed by atoms with E-state index in [4.69, 9.17) is 0 Å². The Labute approximate surface area is 272 Å². The molecule has 1 aliphatic rings. The summed E-state index contributed by atoms with van der Waals surface area (Å²) in [4.78, 5) is 41.5. The van der Waals surface area contributed by atoms with Crippen molar-refractivity contribution < 1.29 is 27.6 Å². The van der Waals surface area contributed by atoms with Crippen molar-refractivity contribution in [3.05, 3.63) is 70.8 Å².